The molecule has 0 bridgehead atoms. The zero-order valence-corrected chi connectivity index (χ0v) is 11.9. The quantitative estimate of drug-likeness (QED) is 0.676. The van der Waals surface area contributed by atoms with E-state index < -0.39 is 7.05 Å². The molecule has 98 valence electrons. The maximum Gasteiger partial charge on any atom is 0.409 e. The van der Waals surface area contributed by atoms with Crippen LogP contribution >= 0.6 is 11.6 Å². The fourth-order valence-electron chi connectivity index (χ4n) is 3.00. The highest BCUT2D eigenvalue weighted by atomic mass is 35.5. The van der Waals surface area contributed by atoms with E-state index in [-0.39, 0.29) is 5.92 Å². The van der Waals surface area contributed by atoms with Crippen molar-refractivity contribution >= 4 is 35.2 Å². The summed E-state index contributed by atoms with van der Waals surface area (Å²) in [5.41, 5.74) is 4.49. The highest BCUT2D eigenvalue weighted by molar-refractivity contribution is 6.54. The van der Waals surface area contributed by atoms with Gasteiger partial charge >= 0.3 is 7.05 Å². The summed E-state index contributed by atoms with van der Waals surface area (Å²) in [6.45, 7) is 4.62. The van der Waals surface area contributed by atoms with Crippen molar-refractivity contribution in [1.82, 2.24) is 4.98 Å². The minimum Gasteiger partial charge on any atom is -0.432 e. The third kappa shape index (κ3) is 1.90. The fraction of sp³-hybridized carbons (Fsp3) is 0.357. The molecule has 1 aliphatic heterocycles. The first-order valence-corrected chi connectivity index (χ1v) is 7.06. The monoisotopic (exact) mass is 274 g/mol. The maximum absolute atomic E-state index is 9.94. The molecule has 1 unspecified atom stereocenters. The van der Waals surface area contributed by atoms with Crippen LogP contribution in [0.25, 0.3) is 10.9 Å². The molecular formula is C14H16BClN2O. The average molecular weight is 275 g/mol. The Balaban J connectivity index is 2.31. The molecule has 3 rings (SSSR count). The third-order valence-electron chi connectivity index (χ3n) is 3.87. The Morgan fingerprint density at radius 1 is 1.58 bits per heavy atom. The molecule has 0 fully saturated rings. The van der Waals surface area contributed by atoms with Gasteiger partial charge in [-0.1, -0.05) is 6.07 Å². The van der Waals surface area contributed by atoms with E-state index in [0.29, 0.717) is 5.88 Å². The standard InChI is InChI=1S/C14H16BClN2O/c1-9-6-12-13(11-4-3-5-17-14(9)11)10(7-16)8-18(12)15(2)19/h3-6,10,19H,7-8H2,1-2H3. The van der Waals surface area contributed by atoms with Crippen molar-refractivity contribution in [1.29, 1.82) is 0 Å². The highest BCUT2D eigenvalue weighted by Crippen LogP contribution is 2.42. The van der Waals surface area contributed by atoms with E-state index in [1.807, 2.05) is 17.1 Å². The number of aromatic nitrogens is 1. The van der Waals surface area contributed by atoms with E-state index in [9.17, 15) is 5.02 Å². The van der Waals surface area contributed by atoms with Crippen LogP contribution in [-0.4, -0.2) is 29.5 Å². The lowest BCUT2D eigenvalue weighted by atomic mass is 9.85. The van der Waals surface area contributed by atoms with Crippen LogP contribution in [0.15, 0.2) is 24.4 Å². The highest BCUT2D eigenvalue weighted by Gasteiger charge is 2.33. The molecule has 1 aromatic heterocycles. The molecule has 0 amide bonds. The molecule has 0 spiro atoms. The second-order valence-electron chi connectivity index (χ2n) is 5.16. The summed E-state index contributed by atoms with van der Waals surface area (Å²) in [6.07, 6.45) is 1.82. The number of anilines is 1. The molecular weight excluding hydrogens is 258 g/mol. The summed E-state index contributed by atoms with van der Waals surface area (Å²) in [5.74, 6) is 0.807. The van der Waals surface area contributed by atoms with Gasteiger partial charge in [-0.15, -0.1) is 11.6 Å². The summed E-state index contributed by atoms with van der Waals surface area (Å²) in [4.78, 5) is 6.49. The van der Waals surface area contributed by atoms with Crippen LogP contribution in [0.3, 0.4) is 0 Å². The van der Waals surface area contributed by atoms with E-state index in [1.165, 1.54) is 5.56 Å². The number of hydrogen-bond donors (Lipinski definition) is 1. The smallest absolute Gasteiger partial charge is 0.409 e. The van der Waals surface area contributed by atoms with Gasteiger partial charge in [0.05, 0.1) is 5.52 Å². The molecule has 1 aliphatic rings. The second-order valence-corrected chi connectivity index (χ2v) is 5.47. The number of halogens is 1. The van der Waals surface area contributed by atoms with Crippen LogP contribution < -0.4 is 4.81 Å². The van der Waals surface area contributed by atoms with Crippen molar-refractivity contribution in [3.8, 4) is 0 Å². The Morgan fingerprint density at radius 2 is 2.37 bits per heavy atom. The van der Waals surface area contributed by atoms with Gasteiger partial charge in [-0.05, 0) is 37.0 Å². The fourth-order valence-corrected chi connectivity index (χ4v) is 3.25. The molecule has 0 saturated carbocycles. The predicted octanol–water partition coefficient (Wildman–Crippen LogP) is 2.80. The van der Waals surface area contributed by atoms with E-state index in [4.69, 9.17) is 11.6 Å². The SMILES string of the molecule is CB(O)N1CC(CCl)c2c1cc(C)c1ncccc21. The summed E-state index contributed by atoms with van der Waals surface area (Å²) in [5, 5.41) is 11.1. The van der Waals surface area contributed by atoms with Crippen LogP contribution in [0.4, 0.5) is 5.69 Å². The lowest BCUT2D eigenvalue weighted by molar-refractivity contribution is 0.569. The Labute approximate surface area is 118 Å². The van der Waals surface area contributed by atoms with Crippen LogP contribution in [0, 0.1) is 6.92 Å². The van der Waals surface area contributed by atoms with Crippen molar-refractivity contribution in [3.05, 3.63) is 35.5 Å². The number of hydrogen-bond acceptors (Lipinski definition) is 3. The first-order valence-electron chi connectivity index (χ1n) is 6.52. The molecule has 0 radical (unpaired) electrons. The van der Waals surface area contributed by atoms with E-state index in [0.717, 1.165) is 28.7 Å². The van der Waals surface area contributed by atoms with Gasteiger partial charge in [0, 0.05) is 35.6 Å². The molecule has 1 aromatic carbocycles. The first kappa shape index (κ1) is 12.8. The number of rotatable bonds is 2. The Hall–Kier alpha value is -1.26. The summed E-state index contributed by atoms with van der Waals surface area (Å²) >= 11 is 6.12. The molecule has 5 heteroatoms. The molecule has 0 saturated heterocycles. The van der Waals surface area contributed by atoms with E-state index in [2.05, 4.69) is 24.0 Å². The predicted molar refractivity (Wildman–Crippen MR) is 81.1 cm³/mol. The van der Waals surface area contributed by atoms with Gasteiger partial charge < -0.3 is 9.83 Å². The maximum atomic E-state index is 9.94. The molecule has 0 aliphatic carbocycles. The Kier molecular flexibility index (Phi) is 3.15. The van der Waals surface area contributed by atoms with Gasteiger partial charge in [-0.2, -0.15) is 0 Å². The third-order valence-corrected chi connectivity index (χ3v) is 4.25. The van der Waals surface area contributed by atoms with E-state index >= 15 is 0 Å². The van der Waals surface area contributed by atoms with Gasteiger partial charge in [0.2, 0.25) is 0 Å². The van der Waals surface area contributed by atoms with Gasteiger partial charge in [-0.25, -0.2) is 0 Å². The molecule has 19 heavy (non-hydrogen) atoms. The number of alkyl halides is 1. The molecule has 2 heterocycles. The molecule has 1 atom stereocenters. The van der Waals surface area contributed by atoms with Gasteiger partial charge in [-0.3, -0.25) is 4.98 Å². The number of benzene rings is 1. The lowest BCUT2D eigenvalue weighted by Crippen LogP contribution is -2.36. The van der Waals surface area contributed by atoms with Crippen LogP contribution in [0.1, 0.15) is 17.0 Å². The zero-order chi connectivity index (χ0) is 13.6. The first-order chi connectivity index (χ1) is 9.13. The van der Waals surface area contributed by atoms with Crippen LogP contribution in [0.5, 0.6) is 0 Å². The normalized spacial score (nSPS) is 17.9. The van der Waals surface area contributed by atoms with Crippen LogP contribution in [0.2, 0.25) is 6.82 Å². The number of fused-ring (bicyclic) bond motifs is 3. The minimum absolute atomic E-state index is 0.249. The van der Waals surface area contributed by atoms with Crippen molar-refractivity contribution in [2.24, 2.45) is 0 Å². The van der Waals surface area contributed by atoms with Crippen molar-refractivity contribution < 1.29 is 5.02 Å². The van der Waals surface area contributed by atoms with Gasteiger partial charge in [0.25, 0.3) is 0 Å². The summed E-state index contributed by atoms with van der Waals surface area (Å²) in [7, 11) is -0.500. The van der Waals surface area contributed by atoms with Gasteiger partial charge in [0.1, 0.15) is 0 Å². The second kappa shape index (κ2) is 4.69. The largest absolute Gasteiger partial charge is 0.432 e. The molecule has 1 N–H and O–H groups in total. The summed E-state index contributed by atoms with van der Waals surface area (Å²) in [6, 6.07) is 6.17. The Morgan fingerprint density at radius 3 is 3.05 bits per heavy atom. The lowest BCUT2D eigenvalue weighted by Gasteiger charge is -2.21. The van der Waals surface area contributed by atoms with Gasteiger partial charge in [0.15, 0.2) is 0 Å². The zero-order valence-electron chi connectivity index (χ0n) is 11.1. The molecule has 2 aromatic rings. The Bertz CT molecular complexity index is 632. The minimum atomic E-state index is -0.500. The number of nitrogens with zero attached hydrogens (tertiary/aromatic N) is 2. The average Bonchev–Trinajstić information content (AvgIpc) is 2.78. The number of pyridine rings is 1. The van der Waals surface area contributed by atoms with E-state index in [1.54, 1.807) is 6.82 Å². The van der Waals surface area contributed by atoms with Crippen molar-refractivity contribution in [2.45, 2.75) is 19.7 Å². The van der Waals surface area contributed by atoms with Crippen LogP contribution in [-0.2, 0) is 0 Å². The molecule has 3 nitrogen and oxygen atoms in total. The number of aryl methyl sites for hydroxylation is 1. The van der Waals surface area contributed by atoms with Crippen molar-refractivity contribution in [3.63, 3.8) is 0 Å². The summed E-state index contributed by atoms with van der Waals surface area (Å²) < 4.78 is 0. The topological polar surface area (TPSA) is 36.4 Å². The van der Waals surface area contributed by atoms with Crippen molar-refractivity contribution in [2.75, 3.05) is 17.2 Å².